The number of carbonyl (C=O) groups is 1. The number of morpholine rings is 1. The number of ether oxygens (including phenoxy) is 1. The molecule has 18 heavy (non-hydrogen) atoms. The fraction of sp³-hybridized carbons (Fsp3) is 0.462. The third-order valence-corrected chi connectivity index (χ3v) is 3.73. The van der Waals surface area contributed by atoms with E-state index in [1.165, 1.54) is 12.1 Å². The summed E-state index contributed by atoms with van der Waals surface area (Å²) in [4.78, 5) is 14.0. The van der Waals surface area contributed by atoms with Crippen molar-refractivity contribution in [3.8, 4) is 0 Å². The SMILES string of the molecule is CCC1CN(C(=O)c2cc(F)ccc2Br)CCO1. The molecule has 1 unspecified atom stereocenters. The van der Waals surface area contributed by atoms with Crippen LogP contribution in [-0.4, -0.2) is 36.6 Å². The van der Waals surface area contributed by atoms with Crippen molar-refractivity contribution >= 4 is 21.8 Å². The quantitative estimate of drug-likeness (QED) is 0.840. The number of hydrogen-bond acceptors (Lipinski definition) is 2. The summed E-state index contributed by atoms with van der Waals surface area (Å²) in [5, 5.41) is 0. The summed E-state index contributed by atoms with van der Waals surface area (Å²) in [6.45, 7) is 3.69. The van der Waals surface area contributed by atoms with Gasteiger partial charge >= 0.3 is 0 Å². The normalized spacial score (nSPS) is 19.9. The Bertz CT molecular complexity index is 453. The van der Waals surface area contributed by atoms with Gasteiger partial charge < -0.3 is 9.64 Å². The summed E-state index contributed by atoms with van der Waals surface area (Å²) < 4.78 is 19.3. The Hall–Kier alpha value is -0.940. The van der Waals surface area contributed by atoms with Gasteiger partial charge in [-0.25, -0.2) is 4.39 Å². The molecular weight excluding hydrogens is 301 g/mol. The Morgan fingerprint density at radius 2 is 2.39 bits per heavy atom. The van der Waals surface area contributed by atoms with E-state index in [0.717, 1.165) is 6.42 Å². The van der Waals surface area contributed by atoms with E-state index in [0.29, 0.717) is 29.7 Å². The lowest BCUT2D eigenvalue weighted by molar-refractivity contribution is -0.0226. The Kier molecular flexibility index (Phi) is 4.35. The van der Waals surface area contributed by atoms with Crippen molar-refractivity contribution in [3.63, 3.8) is 0 Å². The molecule has 2 rings (SSSR count). The molecule has 1 aromatic carbocycles. The summed E-state index contributed by atoms with van der Waals surface area (Å²) in [7, 11) is 0. The first-order valence-electron chi connectivity index (χ1n) is 5.97. The first kappa shape index (κ1) is 13.5. The monoisotopic (exact) mass is 315 g/mol. The molecule has 1 saturated heterocycles. The van der Waals surface area contributed by atoms with Crippen molar-refractivity contribution in [3.05, 3.63) is 34.1 Å². The van der Waals surface area contributed by atoms with Gasteiger partial charge in [0.1, 0.15) is 5.82 Å². The van der Waals surface area contributed by atoms with Gasteiger partial charge in [0.25, 0.3) is 5.91 Å². The highest BCUT2D eigenvalue weighted by Gasteiger charge is 2.25. The van der Waals surface area contributed by atoms with Crippen molar-refractivity contribution < 1.29 is 13.9 Å². The van der Waals surface area contributed by atoms with E-state index in [2.05, 4.69) is 15.9 Å². The second-order valence-corrected chi connectivity index (χ2v) is 5.13. The van der Waals surface area contributed by atoms with Gasteiger partial charge in [-0.15, -0.1) is 0 Å². The van der Waals surface area contributed by atoms with Gasteiger partial charge in [-0.05, 0) is 40.5 Å². The number of hydrogen-bond donors (Lipinski definition) is 0. The van der Waals surface area contributed by atoms with E-state index in [1.807, 2.05) is 6.92 Å². The lowest BCUT2D eigenvalue weighted by atomic mass is 10.1. The van der Waals surface area contributed by atoms with Crippen LogP contribution in [0.25, 0.3) is 0 Å². The third kappa shape index (κ3) is 2.90. The molecule has 98 valence electrons. The first-order chi connectivity index (χ1) is 8.61. The Balaban J connectivity index is 2.17. The van der Waals surface area contributed by atoms with Gasteiger partial charge in [-0.1, -0.05) is 6.92 Å². The van der Waals surface area contributed by atoms with Gasteiger partial charge in [-0.3, -0.25) is 4.79 Å². The Morgan fingerprint density at radius 1 is 1.61 bits per heavy atom. The summed E-state index contributed by atoms with van der Waals surface area (Å²) in [5.41, 5.74) is 0.367. The average Bonchev–Trinajstić information content (AvgIpc) is 2.41. The number of halogens is 2. The van der Waals surface area contributed by atoms with Crippen LogP contribution in [0.4, 0.5) is 4.39 Å². The Morgan fingerprint density at radius 3 is 3.11 bits per heavy atom. The first-order valence-corrected chi connectivity index (χ1v) is 6.77. The predicted molar refractivity (Wildman–Crippen MR) is 70.0 cm³/mol. The summed E-state index contributed by atoms with van der Waals surface area (Å²) in [6, 6.07) is 4.15. The van der Waals surface area contributed by atoms with Crippen LogP contribution in [-0.2, 0) is 4.74 Å². The molecule has 1 amide bonds. The van der Waals surface area contributed by atoms with Crippen LogP contribution in [0, 0.1) is 5.82 Å². The molecule has 1 heterocycles. The number of amides is 1. The molecule has 0 N–H and O–H groups in total. The molecule has 5 heteroatoms. The minimum absolute atomic E-state index is 0.0787. The minimum Gasteiger partial charge on any atom is -0.375 e. The molecule has 0 bridgehead atoms. The van der Waals surface area contributed by atoms with E-state index in [-0.39, 0.29) is 12.0 Å². The number of benzene rings is 1. The van der Waals surface area contributed by atoms with Gasteiger partial charge in [0, 0.05) is 17.6 Å². The van der Waals surface area contributed by atoms with Crippen molar-refractivity contribution in [2.75, 3.05) is 19.7 Å². The highest BCUT2D eigenvalue weighted by molar-refractivity contribution is 9.10. The van der Waals surface area contributed by atoms with Gasteiger partial charge in [-0.2, -0.15) is 0 Å². The average molecular weight is 316 g/mol. The molecule has 0 radical (unpaired) electrons. The standard InChI is InChI=1S/C13H15BrFNO2/c1-2-10-8-16(5-6-18-10)13(17)11-7-9(15)3-4-12(11)14/h3-4,7,10H,2,5-6,8H2,1H3. The van der Waals surface area contributed by atoms with Crippen molar-refractivity contribution in [1.29, 1.82) is 0 Å². The van der Waals surface area contributed by atoms with Crippen molar-refractivity contribution in [2.45, 2.75) is 19.4 Å². The third-order valence-electron chi connectivity index (χ3n) is 3.04. The van der Waals surface area contributed by atoms with Crippen LogP contribution in [0.1, 0.15) is 23.7 Å². The minimum atomic E-state index is -0.401. The maximum absolute atomic E-state index is 13.2. The molecule has 0 spiro atoms. The van der Waals surface area contributed by atoms with Crippen LogP contribution >= 0.6 is 15.9 Å². The lowest BCUT2D eigenvalue weighted by Gasteiger charge is -2.32. The lowest BCUT2D eigenvalue weighted by Crippen LogP contribution is -2.45. The zero-order chi connectivity index (χ0) is 13.1. The van der Waals surface area contributed by atoms with Crippen LogP contribution in [0.5, 0.6) is 0 Å². The van der Waals surface area contributed by atoms with E-state index in [1.54, 1.807) is 11.0 Å². The molecule has 0 aromatic heterocycles. The summed E-state index contributed by atoms with van der Waals surface area (Å²) in [5.74, 6) is -0.551. The topological polar surface area (TPSA) is 29.5 Å². The number of nitrogens with zero attached hydrogens (tertiary/aromatic N) is 1. The molecule has 1 aromatic rings. The zero-order valence-electron chi connectivity index (χ0n) is 10.2. The van der Waals surface area contributed by atoms with E-state index >= 15 is 0 Å². The van der Waals surface area contributed by atoms with E-state index < -0.39 is 5.82 Å². The molecule has 0 saturated carbocycles. The largest absolute Gasteiger partial charge is 0.375 e. The zero-order valence-corrected chi connectivity index (χ0v) is 11.7. The highest BCUT2D eigenvalue weighted by atomic mass is 79.9. The van der Waals surface area contributed by atoms with Gasteiger partial charge in [0.15, 0.2) is 0 Å². The molecule has 1 atom stereocenters. The van der Waals surface area contributed by atoms with Gasteiger partial charge in [0.05, 0.1) is 18.3 Å². The number of rotatable bonds is 2. The molecule has 1 aliphatic rings. The second kappa shape index (κ2) is 5.80. The van der Waals surface area contributed by atoms with Gasteiger partial charge in [0.2, 0.25) is 0 Å². The Labute approximate surface area is 114 Å². The fourth-order valence-corrected chi connectivity index (χ4v) is 2.40. The molecule has 1 fully saturated rings. The smallest absolute Gasteiger partial charge is 0.255 e. The summed E-state index contributed by atoms with van der Waals surface area (Å²) in [6.07, 6.45) is 0.948. The van der Waals surface area contributed by atoms with Crippen LogP contribution in [0.3, 0.4) is 0 Å². The second-order valence-electron chi connectivity index (χ2n) is 4.28. The van der Waals surface area contributed by atoms with Crippen LogP contribution in [0.2, 0.25) is 0 Å². The fourth-order valence-electron chi connectivity index (χ4n) is 1.98. The van der Waals surface area contributed by atoms with Crippen molar-refractivity contribution in [2.24, 2.45) is 0 Å². The molecule has 3 nitrogen and oxygen atoms in total. The summed E-state index contributed by atoms with van der Waals surface area (Å²) >= 11 is 3.28. The maximum Gasteiger partial charge on any atom is 0.255 e. The highest BCUT2D eigenvalue weighted by Crippen LogP contribution is 2.21. The predicted octanol–water partition coefficient (Wildman–Crippen LogP) is 2.84. The molecule has 0 aliphatic carbocycles. The molecular formula is C13H15BrFNO2. The van der Waals surface area contributed by atoms with Crippen LogP contribution < -0.4 is 0 Å². The van der Waals surface area contributed by atoms with Crippen LogP contribution in [0.15, 0.2) is 22.7 Å². The molecule has 1 aliphatic heterocycles. The van der Waals surface area contributed by atoms with E-state index in [4.69, 9.17) is 4.74 Å². The maximum atomic E-state index is 13.2. The van der Waals surface area contributed by atoms with Crippen molar-refractivity contribution in [1.82, 2.24) is 4.90 Å². The van der Waals surface area contributed by atoms with E-state index in [9.17, 15) is 9.18 Å². The number of carbonyl (C=O) groups excluding carboxylic acids is 1.